The molecule has 0 radical (unpaired) electrons. The maximum absolute atomic E-state index is 12.7. The number of piperazine rings is 1. The molecule has 0 N–H and O–H groups in total. The Morgan fingerprint density at radius 3 is 2.44 bits per heavy atom. The molecule has 0 aliphatic carbocycles. The molecule has 3 aromatic rings. The first-order valence-corrected chi connectivity index (χ1v) is 9.26. The van der Waals surface area contributed by atoms with E-state index in [9.17, 15) is 4.79 Å². The molecule has 1 fully saturated rings. The molecule has 2 heterocycles. The van der Waals surface area contributed by atoms with Gasteiger partial charge >= 0.3 is 0 Å². The summed E-state index contributed by atoms with van der Waals surface area (Å²) in [5.41, 5.74) is 1.86. The lowest BCUT2D eigenvalue weighted by Crippen LogP contribution is -2.48. The van der Waals surface area contributed by atoms with Crippen LogP contribution in [0.2, 0.25) is 5.02 Å². The summed E-state index contributed by atoms with van der Waals surface area (Å²) in [4.78, 5) is 16.8. The summed E-state index contributed by atoms with van der Waals surface area (Å²) in [5, 5.41) is 1.66. The van der Waals surface area contributed by atoms with Crippen LogP contribution >= 0.6 is 27.5 Å². The Morgan fingerprint density at radius 2 is 1.72 bits per heavy atom. The quantitative estimate of drug-likeness (QED) is 0.598. The molecule has 0 atom stereocenters. The summed E-state index contributed by atoms with van der Waals surface area (Å²) < 4.78 is 6.69. The third-order valence-corrected chi connectivity index (χ3v) is 5.19. The highest BCUT2D eigenvalue weighted by atomic mass is 79.9. The Bertz CT molecular complexity index is 915. The third kappa shape index (κ3) is 3.39. The lowest BCUT2D eigenvalue weighted by atomic mass is 10.2. The second-order valence-corrected chi connectivity index (χ2v) is 7.40. The number of furan rings is 1. The minimum atomic E-state index is -0.0527. The van der Waals surface area contributed by atoms with Crippen LogP contribution in [0.5, 0.6) is 0 Å². The Hall–Kier alpha value is -1.98. The molecule has 1 amide bonds. The van der Waals surface area contributed by atoms with Gasteiger partial charge in [0.2, 0.25) is 0 Å². The van der Waals surface area contributed by atoms with Crippen molar-refractivity contribution in [3.63, 3.8) is 0 Å². The topological polar surface area (TPSA) is 36.7 Å². The largest absolute Gasteiger partial charge is 0.451 e. The molecule has 1 aliphatic heterocycles. The Labute approximate surface area is 159 Å². The fourth-order valence-corrected chi connectivity index (χ4v) is 3.60. The van der Waals surface area contributed by atoms with E-state index in [1.165, 1.54) is 0 Å². The first-order chi connectivity index (χ1) is 12.1. The van der Waals surface area contributed by atoms with Crippen LogP contribution in [0.15, 0.2) is 57.4 Å². The van der Waals surface area contributed by atoms with Crippen molar-refractivity contribution >= 4 is 50.1 Å². The van der Waals surface area contributed by atoms with Crippen LogP contribution in [0, 0.1) is 0 Å². The van der Waals surface area contributed by atoms with Crippen LogP contribution in [0.1, 0.15) is 10.6 Å². The van der Waals surface area contributed by atoms with Crippen LogP contribution in [-0.2, 0) is 0 Å². The van der Waals surface area contributed by atoms with Crippen molar-refractivity contribution in [3.8, 4) is 0 Å². The number of amides is 1. The molecule has 0 spiro atoms. The highest BCUT2D eigenvalue weighted by Crippen LogP contribution is 2.25. The molecule has 128 valence electrons. The van der Waals surface area contributed by atoms with Gasteiger partial charge in [0, 0.05) is 46.7 Å². The lowest BCUT2D eigenvalue weighted by Gasteiger charge is -2.35. The number of anilines is 1. The van der Waals surface area contributed by atoms with Gasteiger partial charge in [-0.25, -0.2) is 0 Å². The summed E-state index contributed by atoms with van der Waals surface area (Å²) in [6.45, 7) is 2.92. The van der Waals surface area contributed by atoms with Gasteiger partial charge in [-0.2, -0.15) is 0 Å². The van der Waals surface area contributed by atoms with E-state index in [2.05, 4.69) is 20.8 Å². The van der Waals surface area contributed by atoms with Crippen molar-refractivity contribution in [1.29, 1.82) is 0 Å². The molecule has 0 unspecified atom stereocenters. The van der Waals surface area contributed by atoms with E-state index in [0.29, 0.717) is 18.8 Å². The molecular formula is C19H16BrClN2O2. The number of fused-ring (bicyclic) bond motifs is 1. The van der Waals surface area contributed by atoms with Crippen LogP contribution in [0.25, 0.3) is 11.0 Å². The molecule has 25 heavy (non-hydrogen) atoms. The summed E-state index contributed by atoms with van der Waals surface area (Å²) >= 11 is 9.38. The minimum absolute atomic E-state index is 0.0527. The standard InChI is InChI=1S/C19H16BrClN2O2/c20-14-1-6-17-13(11-14)12-18(25-17)19(24)23-9-7-22(8-10-23)16-4-2-15(21)3-5-16/h1-6,11-12H,7-10H2. The van der Waals surface area contributed by atoms with Crippen molar-refractivity contribution in [2.24, 2.45) is 0 Å². The summed E-state index contributed by atoms with van der Waals surface area (Å²) in [6, 6.07) is 15.3. The molecule has 0 bridgehead atoms. The average molecular weight is 420 g/mol. The highest BCUT2D eigenvalue weighted by Gasteiger charge is 2.24. The molecule has 4 nitrogen and oxygen atoms in total. The number of benzene rings is 2. The highest BCUT2D eigenvalue weighted by molar-refractivity contribution is 9.10. The van der Waals surface area contributed by atoms with Crippen LogP contribution in [0.4, 0.5) is 5.69 Å². The van der Waals surface area contributed by atoms with Gasteiger partial charge in [-0.05, 0) is 48.5 Å². The van der Waals surface area contributed by atoms with Crippen LogP contribution in [-0.4, -0.2) is 37.0 Å². The summed E-state index contributed by atoms with van der Waals surface area (Å²) in [6.07, 6.45) is 0. The van der Waals surface area contributed by atoms with Gasteiger partial charge in [-0.15, -0.1) is 0 Å². The van der Waals surface area contributed by atoms with E-state index in [-0.39, 0.29) is 5.91 Å². The zero-order chi connectivity index (χ0) is 17.4. The van der Waals surface area contributed by atoms with Gasteiger partial charge in [0.1, 0.15) is 5.58 Å². The fourth-order valence-electron chi connectivity index (χ4n) is 3.10. The van der Waals surface area contributed by atoms with Crippen molar-refractivity contribution in [2.45, 2.75) is 0 Å². The Morgan fingerprint density at radius 1 is 1.00 bits per heavy atom. The predicted octanol–water partition coefficient (Wildman–Crippen LogP) is 4.81. The zero-order valence-corrected chi connectivity index (χ0v) is 15.8. The van der Waals surface area contributed by atoms with Crippen molar-refractivity contribution in [2.75, 3.05) is 31.1 Å². The molecule has 6 heteroatoms. The van der Waals surface area contributed by atoms with E-state index in [1.54, 1.807) is 0 Å². The first kappa shape index (κ1) is 16.5. The maximum Gasteiger partial charge on any atom is 0.289 e. The normalized spacial score (nSPS) is 15.0. The molecule has 1 aromatic heterocycles. The minimum Gasteiger partial charge on any atom is -0.451 e. The number of hydrogen-bond donors (Lipinski definition) is 0. The average Bonchev–Trinajstić information content (AvgIpc) is 3.05. The third-order valence-electron chi connectivity index (χ3n) is 4.45. The Balaban J connectivity index is 1.46. The summed E-state index contributed by atoms with van der Waals surface area (Å²) in [7, 11) is 0. The van der Waals surface area contributed by atoms with Crippen molar-refractivity contribution in [3.05, 3.63) is 63.8 Å². The lowest BCUT2D eigenvalue weighted by molar-refractivity contribution is 0.0717. The number of carbonyl (C=O) groups excluding carboxylic acids is 1. The Kier molecular flexibility index (Phi) is 4.44. The second-order valence-electron chi connectivity index (χ2n) is 6.05. The molecule has 1 aliphatic rings. The molecule has 1 saturated heterocycles. The number of nitrogens with zero attached hydrogens (tertiary/aromatic N) is 2. The monoisotopic (exact) mass is 418 g/mol. The van der Waals surface area contributed by atoms with Gasteiger partial charge < -0.3 is 14.2 Å². The first-order valence-electron chi connectivity index (χ1n) is 8.09. The maximum atomic E-state index is 12.7. The van der Waals surface area contributed by atoms with E-state index >= 15 is 0 Å². The fraction of sp³-hybridized carbons (Fsp3) is 0.211. The van der Waals surface area contributed by atoms with E-state index in [1.807, 2.05) is 53.4 Å². The number of hydrogen-bond acceptors (Lipinski definition) is 3. The van der Waals surface area contributed by atoms with Gasteiger partial charge in [0.25, 0.3) is 5.91 Å². The van der Waals surface area contributed by atoms with Crippen molar-refractivity contribution < 1.29 is 9.21 Å². The predicted molar refractivity (Wildman–Crippen MR) is 103 cm³/mol. The van der Waals surface area contributed by atoms with E-state index in [0.717, 1.165) is 39.2 Å². The second kappa shape index (κ2) is 6.73. The SMILES string of the molecule is O=C(c1cc2cc(Br)ccc2o1)N1CCN(c2ccc(Cl)cc2)CC1. The number of rotatable bonds is 2. The van der Waals surface area contributed by atoms with Gasteiger partial charge in [-0.3, -0.25) is 4.79 Å². The van der Waals surface area contributed by atoms with Gasteiger partial charge in [0.15, 0.2) is 5.76 Å². The molecule has 0 saturated carbocycles. The van der Waals surface area contributed by atoms with E-state index < -0.39 is 0 Å². The van der Waals surface area contributed by atoms with E-state index in [4.69, 9.17) is 16.0 Å². The number of carbonyl (C=O) groups is 1. The molecular weight excluding hydrogens is 404 g/mol. The summed E-state index contributed by atoms with van der Waals surface area (Å²) in [5.74, 6) is 0.344. The van der Waals surface area contributed by atoms with Crippen LogP contribution in [0.3, 0.4) is 0 Å². The van der Waals surface area contributed by atoms with Crippen molar-refractivity contribution in [1.82, 2.24) is 4.90 Å². The van der Waals surface area contributed by atoms with Gasteiger partial charge in [-0.1, -0.05) is 27.5 Å². The molecule has 4 rings (SSSR count). The smallest absolute Gasteiger partial charge is 0.289 e. The van der Waals surface area contributed by atoms with Crippen LogP contribution < -0.4 is 4.90 Å². The van der Waals surface area contributed by atoms with Gasteiger partial charge in [0.05, 0.1) is 0 Å². The number of halogens is 2. The molecule has 2 aromatic carbocycles. The zero-order valence-electron chi connectivity index (χ0n) is 13.4.